The van der Waals surface area contributed by atoms with Gasteiger partial charge in [-0.2, -0.15) is 0 Å². The number of hydrogen-bond donors (Lipinski definition) is 1. The number of ether oxygens (including phenoxy) is 1. The summed E-state index contributed by atoms with van der Waals surface area (Å²) in [5, 5.41) is 2.92. The molecule has 0 spiro atoms. The molecule has 130 valence electrons. The van der Waals surface area contributed by atoms with Crippen molar-refractivity contribution in [2.75, 3.05) is 0 Å². The van der Waals surface area contributed by atoms with Gasteiger partial charge in [0.2, 0.25) is 0 Å². The molecule has 0 bridgehead atoms. The molecule has 6 heteroatoms. The van der Waals surface area contributed by atoms with Crippen molar-refractivity contribution in [3.05, 3.63) is 11.5 Å². The number of rotatable bonds is 2. The third-order valence-corrected chi connectivity index (χ3v) is 4.65. The molecule has 2 rings (SSSR count). The monoisotopic (exact) mass is 323 g/mol. The lowest BCUT2D eigenvalue weighted by Gasteiger charge is -2.32. The first-order valence-corrected chi connectivity index (χ1v) is 8.45. The molecule has 0 unspecified atom stereocenters. The second-order valence-electron chi connectivity index (χ2n) is 8.47. The van der Waals surface area contributed by atoms with Crippen LogP contribution in [0.15, 0.2) is 11.5 Å². The van der Waals surface area contributed by atoms with E-state index in [0.29, 0.717) is 0 Å². The van der Waals surface area contributed by atoms with E-state index in [2.05, 4.69) is 11.4 Å². The van der Waals surface area contributed by atoms with E-state index in [1.165, 1.54) is 0 Å². The van der Waals surface area contributed by atoms with Crippen molar-refractivity contribution in [3.8, 4) is 0 Å². The average Bonchev–Trinajstić information content (AvgIpc) is 2.56. The SMILES string of the molecule is CC(C)(C)OC(=O)N[C@@H]1C=C(B2OC(C)(C)C(C)(C)O2)CCC1. The summed E-state index contributed by atoms with van der Waals surface area (Å²) in [6, 6.07) is -0.0346. The van der Waals surface area contributed by atoms with Crippen molar-refractivity contribution in [1.29, 1.82) is 0 Å². The van der Waals surface area contributed by atoms with Gasteiger partial charge in [0.25, 0.3) is 0 Å². The molecule has 5 nitrogen and oxygen atoms in total. The standard InChI is InChI=1S/C17H30BNO4/c1-15(2,3)21-14(20)19-13-10-8-9-12(11-13)18-22-16(4,5)17(6,7)23-18/h11,13H,8-10H2,1-7H3,(H,19,20)/t13-/m0/s1. The van der Waals surface area contributed by atoms with Gasteiger partial charge < -0.3 is 19.4 Å². The maximum Gasteiger partial charge on any atom is 0.490 e. The molecule has 1 saturated heterocycles. The summed E-state index contributed by atoms with van der Waals surface area (Å²) in [7, 11) is -0.330. The number of nitrogens with one attached hydrogen (secondary N) is 1. The van der Waals surface area contributed by atoms with Crippen LogP contribution in [0.3, 0.4) is 0 Å². The molecule has 1 fully saturated rings. The minimum atomic E-state index is -0.489. The third-order valence-electron chi connectivity index (χ3n) is 4.65. The fourth-order valence-electron chi connectivity index (χ4n) is 2.71. The minimum absolute atomic E-state index is 0.0346. The quantitative estimate of drug-likeness (QED) is 0.789. The van der Waals surface area contributed by atoms with Crippen LogP contribution in [0, 0.1) is 0 Å². The highest BCUT2D eigenvalue weighted by atomic mass is 16.7. The average molecular weight is 323 g/mol. The Morgan fingerprint density at radius 3 is 2.35 bits per heavy atom. The number of allylic oxidation sites excluding steroid dienone is 1. The Labute approximate surface area is 140 Å². The van der Waals surface area contributed by atoms with Gasteiger partial charge in [-0.05, 0) is 73.2 Å². The highest BCUT2D eigenvalue weighted by Crippen LogP contribution is 2.40. The molecule has 1 amide bonds. The van der Waals surface area contributed by atoms with Crippen LogP contribution in [0.5, 0.6) is 0 Å². The molecule has 1 atom stereocenters. The highest BCUT2D eigenvalue weighted by molar-refractivity contribution is 6.54. The number of hydrogen-bond acceptors (Lipinski definition) is 4. The zero-order valence-electron chi connectivity index (χ0n) is 15.5. The second-order valence-corrected chi connectivity index (χ2v) is 8.47. The van der Waals surface area contributed by atoms with E-state index in [9.17, 15) is 4.79 Å². The summed E-state index contributed by atoms with van der Waals surface area (Å²) in [6.07, 6.45) is 4.52. The number of amides is 1. The van der Waals surface area contributed by atoms with Crippen LogP contribution in [-0.2, 0) is 14.0 Å². The largest absolute Gasteiger partial charge is 0.490 e. The highest BCUT2D eigenvalue weighted by Gasteiger charge is 2.52. The van der Waals surface area contributed by atoms with Crippen molar-refractivity contribution in [3.63, 3.8) is 0 Å². The van der Waals surface area contributed by atoms with Crippen molar-refractivity contribution >= 4 is 13.2 Å². The third kappa shape index (κ3) is 4.51. The lowest BCUT2D eigenvalue weighted by Crippen LogP contribution is -2.41. The van der Waals surface area contributed by atoms with Crippen LogP contribution in [0.25, 0.3) is 0 Å². The first-order valence-electron chi connectivity index (χ1n) is 8.45. The Kier molecular flexibility index (Phi) is 4.89. The first-order chi connectivity index (χ1) is 10.4. The lowest BCUT2D eigenvalue weighted by molar-refractivity contribution is 0.00578. The van der Waals surface area contributed by atoms with Crippen molar-refractivity contribution < 1.29 is 18.8 Å². The van der Waals surface area contributed by atoms with Gasteiger partial charge in [-0.1, -0.05) is 6.08 Å². The van der Waals surface area contributed by atoms with E-state index >= 15 is 0 Å². The van der Waals surface area contributed by atoms with E-state index in [4.69, 9.17) is 14.0 Å². The van der Waals surface area contributed by atoms with Gasteiger partial charge >= 0.3 is 13.2 Å². The Bertz CT molecular complexity index is 477. The van der Waals surface area contributed by atoms with Gasteiger partial charge in [0.15, 0.2) is 0 Å². The minimum Gasteiger partial charge on any atom is -0.444 e. The van der Waals surface area contributed by atoms with Gasteiger partial charge in [-0.15, -0.1) is 0 Å². The Balaban J connectivity index is 2.01. The van der Waals surface area contributed by atoms with Gasteiger partial charge in [-0.25, -0.2) is 4.79 Å². The molecule has 0 saturated carbocycles. The molecule has 0 aromatic rings. The van der Waals surface area contributed by atoms with Crippen LogP contribution in [0.4, 0.5) is 4.79 Å². The topological polar surface area (TPSA) is 56.8 Å². The maximum absolute atomic E-state index is 11.9. The predicted octanol–water partition coefficient (Wildman–Crippen LogP) is 3.62. The van der Waals surface area contributed by atoms with Gasteiger partial charge in [0.1, 0.15) is 5.60 Å². The first kappa shape index (κ1) is 18.3. The number of alkyl carbamates (subject to hydrolysis) is 1. The Hall–Kier alpha value is -1.01. The summed E-state index contributed by atoms with van der Waals surface area (Å²) < 4.78 is 17.5. The molecule has 1 N–H and O–H groups in total. The van der Waals surface area contributed by atoms with Gasteiger partial charge in [-0.3, -0.25) is 0 Å². The van der Waals surface area contributed by atoms with Gasteiger partial charge in [0.05, 0.1) is 17.2 Å². The molecule has 1 aliphatic heterocycles. The fourth-order valence-corrected chi connectivity index (χ4v) is 2.71. The van der Waals surface area contributed by atoms with E-state index < -0.39 is 5.60 Å². The summed E-state index contributed by atoms with van der Waals surface area (Å²) in [4.78, 5) is 11.9. The number of carbonyl (C=O) groups excluding carboxylic acids is 1. The molecular weight excluding hydrogens is 293 g/mol. The summed E-state index contributed by atoms with van der Waals surface area (Å²) in [5.41, 5.74) is -0.0681. The zero-order chi connectivity index (χ0) is 17.5. The predicted molar refractivity (Wildman–Crippen MR) is 91.2 cm³/mol. The van der Waals surface area contributed by atoms with Crippen LogP contribution in [0.1, 0.15) is 67.7 Å². The van der Waals surface area contributed by atoms with Crippen LogP contribution < -0.4 is 5.32 Å². The van der Waals surface area contributed by atoms with Crippen molar-refractivity contribution in [2.24, 2.45) is 0 Å². The summed E-state index contributed by atoms with van der Waals surface area (Å²) in [5.74, 6) is 0. The molecule has 23 heavy (non-hydrogen) atoms. The lowest BCUT2D eigenvalue weighted by atomic mass is 9.72. The Morgan fingerprint density at radius 2 is 1.83 bits per heavy atom. The van der Waals surface area contributed by atoms with E-state index in [-0.39, 0.29) is 30.5 Å². The van der Waals surface area contributed by atoms with Crippen molar-refractivity contribution in [1.82, 2.24) is 5.32 Å². The second kappa shape index (κ2) is 6.13. The molecule has 1 aliphatic carbocycles. The molecule has 0 aromatic heterocycles. The molecule has 0 aromatic carbocycles. The summed E-state index contributed by atoms with van der Waals surface area (Å²) in [6.45, 7) is 13.8. The fraction of sp³-hybridized carbons (Fsp3) is 0.824. The summed E-state index contributed by atoms with van der Waals surface area (Å²) >= 11 is 0. The smallest absolute Gasteiger partial charge is 0.444 e. The van der Waals surface area contributed by atoms with E-state index in [1.807, 2.05) is 48.5 Å². The number of carbonyl (C=O) groups is 1. The van der Waals surface area contributed by atoms with Crippen LogP contribution in [0.2, 0.25) is 0 Å². The molecular formula is C17H30BNO4. The molecule has 1 heterocycles. The Morgan fingerprint density at radius 1 is 1.26 bits per heavy atom. The van der Waals surface area contributed by atoms with Crippen molar-refractivity contribution in [2.45, 2.75) is 90.6 Å². The van der Waals surface area contributed by atoms with Gasteiger partial charge in [0, 0.05) is 0 Å². The van der Waals surface area contributed by atoms with Crippen LogP contribution in [-0.4, -0.2) is 36.1 Å². The molecule has 0 radical (unpaired) electrons. The normalized spacial score (nSPS) is 26.7. The van der Waals surface area contributed by atoms with E-state index in [1.54, 1.807) is 0 Å². The van der Waals surface area contributed by atoms with Crippen LogP contribution >= 0.6 is 0 Å². The molecule has 2 aliphatic rings. The zero-order valence-corrected chi connectivity index (χ0v) is 15.5. The van der Waals surface area contributed by atoms with E-state index in [0.717, 1.165) is 24.7 Å². The maximum atomic E-state index is 11.9.